The predicted molar refractivity (Wildman–Crippen MR) is 256 cm³/mol. The number of carboxylic acid groups (broad SMARTS) is 1. The van der Waals surface area contributed by atoms with Crippen molar-refractivity contribution >= 4 is 64.1 Å². The molecule has 0 saturated carbocycles. The standard InChI is InChI=1S/C47H68N10O14/c1-7-24(4)38(47(70)71)56-43(66)33(16-23(2)3)52-40(63)25(5)51-37(62)20-50-46(69)39(26(6)60)57-44(67)35(18-28-19-49-32-11-9-8-10-30(28)32)54-45(68)36(22-59)55-42(65)34(53-41(64)31(48)21-58)17-27-12-14-29(61)15-13-27/h8-15,19,23-26,31,33-36,38-39,49,58-61H,7,16-18,20-22,48H2,1-6H3,(H,50,69)(H,51,62)(H,52,63)(H,53,64)(H,54,68)(H,55,65)(H,56,66)(H,57,67)(H,70,71)/t24-,25-,26+,31-,33-,34-,35-,36-,38-,39-/m0/s1. The van der Waals surface area contributed by atoms with Gasteiger partial charge >= 0.3 is 5.97 Å². The number of fused-ring (bicyclic) bond motifs is 1. The largest absolute Gasteiger partial charge is 0.508 e. The van der Waals surface area contributed by atoms with Gasteiger partial charge in [-0.25, -0.2) is 4.79 Å². The van der Waals surface area contributed by atoms with E-state index in [-0.39, 0.29) is 30.9 Å². The highest BCUT2D eigenvalue weighted by atomic mass is 16.4. The Hall–Kier alpha value is -7.15. The normalized spacial score (nSPS) is 15.5. The van der Waals surface area contributed by atoms with Crippen LogP contribution >= 0.6 is 0 Å². The lowest BCUT2D eigenvalue weighted by molar-refractivity contribution is -0.144. The van der Waals surface area contributed by atoms with Gasteiger partial charge < -0.3 is 78.8 Å². The van der Waals surface area contributed by atoms with Gasteiger partial charge in [0.25, 0.3) is 0 Å². The lowest BCUT2D eigenvalue weighted by Crippen LogP contribution is -2.61. The van der Waals surface area contributed by atoms with Crippen LogP contribution in [0.1, 0.15) is 65.5 Å². The van der Waals surface area contributed by atoms with Gasteiger partial charge in [0.1, 0.15) is 54.1 Å². The zero-order chi connectivity index (χ0) is 53.1. The maximum absolute atomic E-state index is 14.1. The summed E-state index contributed by atoms with van der Waals surface area (Å²) < 4.78 is 0. The van der Waals surface area contributed by atoms with Crippen LogP contribution in [-0.2, 0) is 56.0 Å². The smallest absolute Gasteiger partial charge is 0.326 e. The van der Waals surface area contributed by atoms with Gasteiger partial charge in [-0.05, 0) is 61.4 Å². The van der Waals surface area contributed by atoms with Crippen LogP contribution in [0.3, 0.4) is 0 Å². The lowest BCUT2D eigenvalue weighted by Gasteiger charge is -2.27. The molecule has 0 spiro atoms. The fourth-order valence-corrected chi connectivity index (χ4v) is 7.14. The first-order valence-electron chi connectivity index (χ1n) is 23.1. The molecule has 8 amide bonds. The van der Waals surface area contributed by atoms with Gasteiger partial charge in [-0.2, -0.15) is 0 Å². The zero-order valence-corrected chi connectivity index (χ0v) is 40.5. The minimum absolute atomic E-state index is 0.0737. The number of carbonyl (C=O) groups is 9. The number of nitrogens with two attached hydrogens (primary N) is 1. The van der Waals surface area contributed by atoms with E-state index in [2.05, 4.69) is 47.5 Å². The number of hydrogen-bond donors (Lipinski definition) is 15. The summed E-state index contributed by atoms with van der Waals surface area (Å²) in [7, 11) is 0. The molecule has 390 valence electrons. The topological polar surface area (TPSA) is 393 Å². The number of rotatable bonds is 28. The maximum Gasteiger partial charge on any atom is 0.326 e. The van der Waals surface area contributed by atoms with Gasteiger partial charge in [0.15, 0.2) is 0 Å². The number of aromatic amines is 1. The highest BCUT2D eigenvalue weighted by Crippen LogP contribution is 2.20. The summed E-state index contributed by atoms with van der Waals surface area (Å²) in [6.45, 7) is 7.00. The number of carbonyl (C=O) groups excluding carboxylic acids is 8. The molecule has 0 radical (unpaired) electrons. The summed E-state index contributed by atoms with van der Waals surface area (Å²) in [4.78, 5) is 122. The fraction of sp³-hybridized carbons (Fsp3) is 0.511. The van der Waals surface area contributed by atoms with E-state index >= 15 is 0 Å². The average molecular weight is 997 g/mol. The maximum atomic E-state index is 14.1. The number of nitrogens with one attached hydrogen (secondary N) is 9. The molecule has 1 heterocycles. The lowest BCUT2D eigenvalue weighted by atomic mass is 9.97. The molecule has 0 fully saturated rings. The molecule has 0 saturated heterocycles. The number of H-pyrrole nitrogens is 1. The van der Waals surface area contributed by atoms with Gasteiger partial charge in [0.2, 0.25) is 47.3 Å². The second-order valence-corrected chi connectivity index (χ2v) is 17.7. The molecule has 0 bridgehead atoms. The van der Waals surface area contributed by atoms with Gasteiger partial charge in [0, 0.05) is 29.9 Å². The molecular weight excluding hydrogens is 929 g/mol. The first-order chi connectivity index (χ1) is 33.5. The summed E-state index contributed by atoms with van der Waals surface area (Å²) in [5, 5.41) is 69.7. The molecular formula is C47H68N10O14. The van der Waals surface area contributed by atoms with Gasteiger partial charge in [0.05, 0.1) is 25.9 Å². The molecule has 1 aromatic heterocycles. The van der Waals surface area contributed by atoms with Crippen molar-refractivity contribution in [3.05, 3.63) is 65.9 Å². The summed E-state index contributed by atoms with van der Waals surface area (Å²) in [5.41, 5.74) is 7.30. The van der Waals surface area contributed by atoms with Crippen molar-refractivity contribution in [1.29, 1.82) is 0 Å². The summed E-state index contributed by atoms with van der Waals surface area (Å²) >= 11 is 0. The molecule has 24 heteroatoms. The van der Waals surface area contributed by atoms with Gasteiger partial charge in [-0.3, -0.25) is 38.4 Å². The Kier molecular flexibility index (Phi) is 22.8. The van der Waals surface area contributed by atoms with Crippen molar-refractivity contribution in [2.24, 2.45) is 17.6 Å². The van der Waals surface area contributed by atoms with Crippen LogP contribution in [-0.4, -0.2) is 158 Å². The van der Waals surface area contributed by atoms with E-state index in [9.17, 15) is 68.7 Å². The highest BCUT2D eigenvalue weighted by molar-refractivity contribution is 5.98. The second kappa shape index (κ2) is 27.9. The Morgan fingerprint density at radius 3 is 1.77 bits per heavy atom. The molecule has 0 aliphatic heterocycles. The number of aliphatic carboxylic acids is 1. The van der Waals surface area contributed by atoms with E-state index in [0.717, 1.165) is 0 Å². The van der Waals surface area contributed by atoms with E-state index in [1.165, 1.54) is 38.1 Å². The average Bonchev–Trinajstić information content (AvgIpc) is 3.74. The van der Waals surface area contributed by atoms with Crippen LogP contribution in [0.15, 0.2) is 54.7 Å². The number of phenolic OH excluding ortho intramolecular Hbond substituents is 1. The number of aromatic nitrogens is 1. The number of para-hydroxylation sites is 1. The fourth-order valence-electron chi connectivity index (χ4n) is 7.14. The van der Waals surface area contributed by atoms with Crippen LogP contribution in [0.25, 0.3) is 10.9 Å². The third-order valence-electron chi connectivity index (χ3n) is 11.5. The minimum Gasteiger partial charge on any atom is -0.508 e. The summed E-state index contributed by atoms with van der Waals surface area (Å²) in [6, 6.07) is 1.18. The Bertz CT molecular complexity index is 2320. The second-order valence-electron chi connectivity index (χ2n) is 17.7. The molecule has 0 aliphatic carbocycles. The van der Waals surface area contributed by atoms with Crippen molar-refractivity contribution in [2.75, 3.05) is 19.8 Å². The molecule has 24 nitrogen and oxygen atoms in total. The number of benzene rings is 2. The number of aliphatic hydroxyl groups is 3. The highest BCUT2D eigenvalue weighted by Gasteiger charge is 2.35. The molecule has 3 aromatic rings. The van der Waals surface area contributed by atoms with Gasteiger partial charge in [-0.1, -0.05) is 64.4 Å². The first kappa shape index (κ1) is 58.2. The molecule has 2 aromatic carbocycles. The minimum atomic E-state index is -1.73. The third kappa shape index (κ3) is 18.0. The number of phenols is 1. The van der Waals surface area contributed by atoms with Crippen LogP contribution < -0.4 is 48.3 Å². The Morgan fingerprint density at radius 1 is 0.634 bits per heavy atom. The van der Waals surface area contributed by atoms with Crippen molar-refractivity contribution in [3.63, 3.8) is 0 Å². The number of aromatic hydroxyl groups is 1. The third-order valence-corrected chi connectivity index (χ3v) is 11.5. The molecule has 3 rings (SSSR count). The van der Waals surface area contributed by atoms with E-state index in [4.69, 9.17) is 5.73 Å². The van der Waals surface area contributed by atoms with Crippen LogP contribution in [0.2, 0.25) is 0 Å². The molecule has 0 unspecified atom stereocenters. The van der Waals surface area contributed by atoms with Gasteiger partial charge in [-0.15, -0.1) is 0 Å². The number of amides is 8. The summed E-state index contributed by atoms with van der Waals surface area (Å²) in [6.07, 6.45) is 0.173. The van der Waals surface area contributed by atoms with Crippen LogP contribution in [0, 0.1) is 11.8 Å². The monoisotopic (exact) mass is 996 g/mol. The van der Waals surface area contributed by atoms with E-state index in [0.29, 0.717) is 28.5 Å². The zero-order valence-electron chi connectivity index (χ0n) is 40.5. The Balaban J connectivity index is 1.76. The first-order valence-corrected chi connectivity index (χ1v) is 23.1. The van der Waals surface area contributed by atoms with E-state index in [1.54, 1.807) is 58.2 Å². The SMILES string of the molecule is CC[C@H](C)[C@H](NC(=O)[C@H](CC(C)C)NC(=O)[C@H](C)NC(=O)CNC(=O)[C@@H](NC(=O)[C@H](Cc1c[nH]c2ccccc12)NC(=O)[C@H](CO)NC(=O)[C@H](Cc1ccc(O)cc1)NC(=O)[C@@H](N)CO)[C@@H](C)O)C(=O)O. The molecule has 0 aliphatic rings. The van der Waals surface area contributed by atoms with Crippen molar-refractivity contribution in [1.82, 2.24) is 47.5 Å². The predicted octanol–water partition coefficient (Wildman–Crippen LogP) is -2.94. The Morgan fingerprint density at radius 2 is 1.18 bits per heavy atom. The molecule has 10 atom stereocenters. The number of hydrogen-bond acceptors (Lipinski definition) is 14. The van der Waals surface area contributed by atoms with Crippen molar-refractivity contribution < 1.29 is 68.7 Å². The number of carboxylic acids is 1. The number of aliphatic hydroxyl groups excluding tert-OH is 3. The van der Waals surface area contributed by atoms with Crippen LogP contribution in [0.5, 0.6) is 5.75 Å². The molecule has 16 N–H and O–H groups in total. The quantitative estimate of drug-likeness (QED) is 0.0346. The van der Waals surface area contributed by atoms with Crippen molar-refractivity contribution in [3.8, 4) is 5.75 Å². The van der Waals surface area contributed by atoms with Crippen molar-refractivity contribution in [2.45, 2.75) is 122 Å². The molecule has 71 heavy (non-hydrogen) atoms. The van der Waals surface area contributed by atoms with Crippen LogP contribution in [0.4, 0.5) is 0 Å². The van der Waals surface area contributed by atoms with E-state index < -0.39 is 133 Å². The Labute approximate surface area is 410 Å². The van der Waals surface area contributed by atoms with E-state index in [1.807, 2.05) is 0 Å². The summed E-state index contributed by atoms with van der Waals surface area (Å²) in [5.74, 6) is -9.25.